The molecule has 0 spiro atoms. The van der Waals surface area contributed by atoms with Crippen LogP contribution in [0.1, 0.15) is 20.9 Å². The molecule has 156 valence electrons. The Kier molecular flexibility index (Phi) is 5.80. The molecule has 0 aliphatic rings. The van der Waals surface area contributed by atoms with Crippen LogP contribution in [-0.2, 0) is 22.5 Å². The smallest absolute Gasteiger partial charge is 0.357 e. The molecule has 0 unspecified atom stereocenters. The number of carbonyl (C=O) groups is 2. The molecule has 2 aromatic carbocycles. The molecule has 0 fully saturated rings. The van der Waals surface area contributed by atoms with Crippen LogP contribution in [0.25, 0.3) is 10.9 Å². The first-order valence-corrected chi connectivity index (χ1v) is 10.1. The molecule has 1 amide bonds. The van der Waals surface area contributed by atoms with Crippen LogP contribution in [0, 0.1) is 0 Å². The summed E-state index contributed by atoms with van der Waals surface area (Å²) in [5.74, 6) is -1.09. The van der Waals surface area contributed by atoms with Crippen molar-refractivity contribution < 1.29 is 14.3 Å². The van der Waals surface area contributed by atoms with Gasteiger partial charge < -0.3 is 10.1 Å². The van der Waals surface area contributed by atoms with E-state index in [1.54, 1.807) is 24.3 Å². The number of aromatic nitrogens is 4. The lowest BCUT2D eigenvalue weighted by Gasteiger charge is -2.04. The Morgan fingerprint density at radius 3 is 2.61 bits per heavy atom. The lowest BCUT2D eigenvalue weighted by molar-refractivity contribution is -0.117. The lowest BCUT2D eigenvalue weighted by Crippen LogP contribution is -2.30. The van der Waals surface area contributed by atoms with E-state index >= 15 is 0 Å². The summed E-state index contributed by atoms with van der Waals surface area (Å²) < 4.78 is 5.80. The van der Waals surface area contributed by atoms with Crippen LogP contribution in [0.4, 0.5) is 5.13 Å². The normalized spacial score (nSPS) is 10.7. The third-order valence-corrected chi connectivity index (χ3v) is 5.42. The highest BCUT2D eigenvalue weighted by molar-refractivity contribution is 7.16. The molecule has 31 heavy (non-hydrogen) atoms. The summed E-state index contributed by atoms with van der Waals surface area (Å²) in [7, 11) is 1.27. The van der Waals surface area contributed by atoms with Gasteiger partial charge in [-0.25, -0.2) is 14.5 Å². The minimum Gasteiger partial charge on any atom is -0.464 e. The van der Waals surface area contributed by atoms with Crippen LogP contribution in [0.3, 0.4) is 0 Å². The van der Waals surface area contributed by atoms with Gasteiger partial charge in [0, 0.05) is 11.3 Å². The summed E-state index contributed by atoms with van der Waals surface area (Å²) in [6, 6.07) is 16.3. The van der Waals surface area contributed by atoms with E-state index in [-0.39, 0.29) is 17.4 Å². The number of anilines is 1. The monoisotopic (exact) mass is 435 g/mol. The maximum atomic E-state index is 12.5. The quantitative estimate of drug-likeness (QED) is 0.462. The molecule has 0 saturated heterocycles. The van der Waals surface area contributed by atoms with E-state index in [4.69, 9.17) is 4.74 Å². The number of nitrogens with one attached hydrogen (secondary N) is 1. The van der Waals surface area contributed by atoms with E-state index < -0.39 is 17.4 Å². The van der Waals surface area contributed by atoms with E-state index in [9.17, 15) is 14.4 Å². The van der Waals surface area contributed by atoms with Crippen molar-refractivity contribution in [3.8, 4) is 0 Å². The zero-order valence-corrected chi connectivity index (χ0v) is 17.3. The number of amides is 1. The maximum Gasteiger partial charge on any atom is 0.357 e. The molecule has 0 radical (unpaired) electrons. The fourth-order valence-corrected chi connectivity index (χ4v) is 3.98. The lowest BCUT2D eigenvalue weighted by atomic mass is 10.1. The third kappa shape index (κ3) is 4.48. The standard InChI is InChI=1S/C21H17N5O4S/c1-30-20(29)18-16(11-13-7-3-2-4-8-13)31-21(23-18)22-17(27)12-26-19(28)14-9-5-6-10-15(14)24-25-26/h2-10H,11-12H2,1H3,(H,22,23,27). The van der Waals surface area contributed by atoms with Gasteiger partial charge in [0.05, 0.1) is 12.5 Å². The molecule has 4 aromatic rings. The molecule has 0 saturated carbocycles. The van der Waals surface area contributed by atoms with Gasteiger partial charge in [0.25, 0.3) is 5.56 Å². The zero-order chi connectivity index (χ0) is 21.8. The van der Waals surface area contributed by atoms with Crippen LogP contribution in [0.5, 0.6) is 0 Å². The van der Waals surface area contributed by atoms with Gasteiger partial charge >= 0.3 is 5.97 Å². The first kappa shape index (κ1) is 20.4. The second kappa shape index (κ2) is 8.84. The average molecular weight is 435 g/mol. The molecule has 2 heterocycles. The van der Waals surface area contributed by atoms with Crippen molar-refractivity contribution in [2.24, 2.45) is 0 Å². The first-order valence-electron chi connectivity index (χ1n) is 9.29. The van der Waals surface area contributed by atoms with Crippen molar-refractivity contribution in [2.75, 3.05) is 12.4 Å². The largest absolute Gasteiger partial charge is 0.464 e. The van der Waals surface area contributed by atoms with Gasteiger partial charge in [-0.1, -0.05) is 47.7 Å². The van der Waals surface area contributed by atoms with Crippen molar-refractivity contribution >= 4 is 39.2 Å². The second-order valence-corrected chi connectivity index (χ2v) is 7.65. The minimum atomic E-state index is -0.584. The van der Waals surface area contributed by atoms with Crippen molar-refractivity contribution in [2.45, 2.75) is 13.0 Å². The second-order valence-electron chi connectivity index (χ2n) is 6.56. The van der Waals surface area contributed by atoms with Gasteiger partial charge in [-0.3, -0.25) is 9.59 Å². The van der Waals surface area contributed by atoms with Crippen LogP contribution in [-0.4, -0.2) is 39.0 Å². The molecule has 9 nitrogen and oxygen atoms in total. The van der Waals surface area contributed by atoms with Gasteiger partial charge in [-0.15, -0.1) is 16.4 Å². The molecule has 1 N–H and O–H groups in total. The number of hydrogen-bond acceptors (Lipinski definition) is 8. The molecule has 2 aromatic heterocycles. The molecule has 10 heteroatoms. The highest BCUT2D eigenvalue weighted by Gasteiger charge is 2.20. The predicted molar refractivity (Wildman–Crippen MR) is 115 cm³/mol. The average Bonchev–Trinajstić information content (AvgIpc) is 3.17. The van der Waals surface area contributed by atoms with E-state index in [0.29, 0.717) is 22.2 Å². The summed E-state index contributed by atoms with van der Waals surface area (Å²) in [5, 5.41) is 11.0. The van der Waals surface area contributed by atoms with Crippen molar-refractivity contribution in [1.29, 1.82) is 0 Å². The van der Waals surface area contributed by atoms with E-state index in [1.807, 2.05) is 30.3 Å². The number of esters is 1. The minimum absolute atomic E-state index is 0.148. The van der Waals surface area contributed by atoms with Crippen LogP contribution >= 0.6 is 11.3 Å². The number of fused-ring (bicyclic) bond motifs is 1. The zero-order valence-electron chi connectivity index (χ0n) is 16.4. The molecular weight excluding hydrogens is 418 g/mol. The van der Waals surface area contributed by atoms with Crippen LogP contribution in [0.15, 0.2) is 59.4 Å². The van der Waals surface area contributed by atoms with Crippen molar-refractivity contribution in [3.05, 3.63) is 81.1 Å². The fourth-order valence-electron chi connectivity index (χ4n) is 2.98. The van der Waals surface area contributed by atoms with Crippen molar-refractivity contribution in [3.63, 3.8) is 0 Å². The van der Waals surface area contributed by atoms with Crippen molar-refractivity contribution in [1.82, 2.24) is 20.0 Å². The van der Waals surface area contributed by atoms with Gasteiger partial charge in [0.1, 0.15) is 12.1 Å². The summed E-state index contributed by atoms with van der Waals surface area (Å²) in [5.41, 5.74) is 1.18. The van der Waals surface area contributed by atoms with Crippen LogP contribution in [0.2, 0.25) is 0 Å². The number of benzene rings is 2. The Balaban J connectivity index is 1.55. The molecule has 0 bridgehead atoms. The number of carbonyl (C=O) groups excluding carboxylic acids is 2. The Labute approximate surface area is 180 Å². The third-order valence-electron chi connectivity index (χ3n) is 4.45. The highest BCUT2D eigenvalue weighted by Crippen LogP contribution is 2.26. The Morgan fingerprint density at radius 1 is 1.10 bits per heavy atom. The summed E-state index contributed by atoms with van der Waals surface area (Å²) in [4.78, 5) is 42.0. The molecular formula is C21H17N5O4S. The topological polar surface area (TPSA) is 116 Å². The number of hydrogen-bond donors (Lipinski definition) is 1. The summed E-state index contributed by atoms with van der Waals surface area (Å²) in [6.07, 6.45) is 0.467. The Bertz CT molecular complexity index is 1320. The van der Waals surface area contributed by atoms with Gasteiger partial charge in [-0.2, -0.15) is 0 Å². The number of thiazole rings is 1. The number of methoxy groups -OCH3 is 1. The van der Waals surface area contributed by atoms with E-state index in [0.717, 1.165) is 10.2 Å². The molecule has 0 atom stereocenters. The summed E-state index contributed by atoms with van der Waals surface area (Å²) in [6.45, 7) is -0.335. The van der Waals surface area contributed by atoms with E-state index in [1.165, 1.54) is 18.4 Å². The van der Waals surface area contributed by atoms with Gasteiger partial charge in [0.2, 0.25) is 5.91 Å². The Hall–Kier alpha value is -3.92. The first-order chi connectivity index (χ1) is 15.0. The molecule has 0 aliphatic carbocycles. The number of rotatable bonds is 6. The molecule has 0 aliphatic heterocycles. The predicted octanol–water partition coefficient (Wildman–Crippen LogP) is 2.26. The van der Waals surface area contributed by atoms with Gasteiger partial charge in [-0.05, 0) is 17.7 Å². The van der Waals surface area contributed by atoms with Crippen LogP contribution < -0.4 is 10.9 Å². The fraction of sp³-hybridized carbons (Fsp3) is 0.143. The summed E-state index contributed by atoms with van der Waals surface area (Å²) >= 11 is 1.18. The highest BCUT2D eigenvalue weighted by atomic mass is 32.1. The van der Waals surface area contributed by atoms with Gasteiger partial charge in [0.15, 0.2) is 10.8 Å². The maximum absolute atomic E-state index is 12.5. The number of ether oxygens (including phenoxy) is 1. The SMILES string of the molecule is COC(=O)c1nc(NC(=O)Cn2nnc3ccccc3c2=O)sc1Cc1ccccc1. The number of nitrogens with zero attached hydrogens (tertiary/aromatic N) is 4. The Morgan fingerprint density at radius 2 is 1.84 bits per heavy atom. The van der Waals surface area contributed by atoms with E-state index in [2.05, 4.69) is 20.6 Å². The molecule has 4 rings (SSSR count).